The first-order valence-electron chi connectivity index (χ1n) is 8.66. The summed E-state index contributed by atoms with van der Waals surface area (Å²) in [5.41, 5.74) is 4.79. The molecule has 1 fully saturated rings. The summed E-state index contributed by atoms with van der Waals surface area (Å²) in [6.07, 6.45) is 3.52. The zero-order valence-corrected chi connectivity index (χ0v) is 14.0. The molecule has 0 aromatic heterocycles. The van der Waals surface area contributed by atoms with E-state index in [1.807, 2.05) is 24.3 Å². The minimum atomic E-state index is 0.303. The molecule has 2 aliphatic rings. The fourth-order valence-corrected chi connectivity index (χ4v) is 3.52. The van der Waals surface area contributed by atoms with Crippen LogP contribution < -0.4 is 4.74 Å². The molecule has 0 bridgehead atoms. The predicted molar refractivity (Wildman–Crippen MR) is 96.3 cm³/mol. The summed E-state index contributed by atoms with van der Waals surface area (Å²) in [6.45, 7) is 1.65. The van der Waals surface area contributed by atoms with Crippen molar-refractivity contribution < 1.29 is 9.84 Å². The van der Waals surface area contributed by atoms with Crippen molar-refractivity contribution in [2.75, 3.05) is 20.2 Å². The van der Waals surface area contributed by atoms with Crippen LogP contribution >= 0.6 is 0 Å². The molecule has 124 valence electrons. The van der Waals surface area contributed by atoms with Crippen LogP contribution in [0.4, 0.5) is 0 Å². The number of ether oxygens (including phenoxy) is 1. The Morgan fingerprint density at radius 2 is 1.96 bits per heavy atom. The molecule has 1 N–H and O–H groups in total. The molecule has 2 aromatic rings. The summed E-state index contributed by atoms with van der Waals surface area (Å²) in [4.78, 5) is 2.45. The number of fused-ring (bicyclic) bond motifs is 1. The van der Waals surface area contributed by atoms with Crippen molar-refractivity contribution in [1.82, 2.24) is 4.90 Å². The molecule has 0 saturated heterocycles. The summed E-state index contributed by atoms with van der Waals surface area (Å²) in [6, 6.07) is 16.5. The summed E-state index contributed by atoms with van der Waals surface area (Å²) >= 11 is 0. The second-order valence-corrected chi connectivity index (χ2v) is 6.77. The van der Waals surface area contributed by atoms with Gasteiger partial charge in [0.2, 0.25) is 0 Å². The van der Waals surface area contributed by atoms with Gasteiger partial charge in [-0.2, -0.15) is 0 Å². The van der Waals surface area contributed by atoms with Gasteiger partial charge in [0.25, 0.3) is 0 Å². The van der Waals surface area contributed by atoms with E-state index in [4.69, 9.17) is 4.74 Å². The Morgan fingerprint density at radius 1 is 1.12 bits per heavy atom. The van der Waals surface area contributed by atoms with E-state index in [1.165, 1.54) is 24.0 Å². The Kier molecular flexibility index (Phi) is 4.03. The highest BCUT2D eigenvalue weighted by Crippen LogP contribution is 2.38. The highest BCUT2D eigenvalue weighted by Gasteiger charge is 2.28. The molecule has 1 heterocycles. The quantitative estimate of drug-likeness (QED) is 0.921. The van der Waals surface area contributed by atoms with Crippen molar-refractivity contribution in [3.8, 4) is 11.5 Å². The van der Waals surface area contributed by atoms with Gasteiger partial charge in [-0.05, 0) is 54.8 Å². The first-order valence-corrected chi connectivity index (χ1v) is 8.66. The highest BCUT2D eigenvalue weighted by atomic mass is 16.5. The number of likely N-dealkylation sites (N-methyl/N-ethyl adjacent to an activating group) is 1. The van der Waals surface area contributed by atoms with Crippen LogP contribution in [0.5, 0.6) is 11.5 Å². The molecule has 0 spiro atoms. The Labute approximate surface area is 143 Å². The third-order valence-electron chi connectivity index (χ3n) is 4.92. The predicted octanol–water partition coefficient (Wildman–Crippen LogP) is 4.07. The van der Waals surface area contributed by atoms with Gasteiger partial charge in [-0.25, -0.2) is 0 Å². The van der Waals surface area contributed by atoms with E-state index >= 15 is 0 Å². The topological polar surface area (TPSA) is 32.7 Å². The largest absolute Gasteiger partial charge is 0.508 e. The van der Waals surface area contributed by atoms with Crippen LogP contribution in [0.25, 0.3) is 5.57 Å². The number of hydrogen-bond acceptors (Lipinski definition) is 3. The lowest BCUT2D eigenvalue weighted by Crippen LogP contribution is -2.24. The van der Waals surface area contributed by atoms with Crippen LogP contribution in [0.3, 0.4) is 0 Å². The van der Waals surface area contributed by atoms with Crippen LogP contribution in [0.15, 0.2) is 54.1 Å². The Bertz CT molecular complexity index is 777. The number of phenolic OH excluding ortho intramolecular Hbond substituents is 1. The van der Waals surface area contributed by atoms with E-state index in [9.17, 15) is 5.11 Å². The molecule has 0 amide bonds. The van der Waals surface area contributed by atoms with Gasteiger partial charge in [0, 0.05) is 24.6 Å². The van der Waals surface area contributed by atoms with Gasteiger partial charge in [-0.3, -0.25) is 4.90 Å². The molecule has 3 nitrogen and oxygen atoms in total. The molecule has 1 saturated carbocycles. The number of nitrogens with zero attached hydrogens (tertiary/aromatic N) is 1. The molecule has 0 unspecified atom stereocenters. The summed E-state index contributed by atoms with van der Waals surface area (Å²) < 4.78 is 6.00. The summed E-state index contributed by atoms with van der Waals surface area (Å²) in [5.74, 6) is 1.23. The zero-order valence-electron chi connectivity index (χ0n) is 14.0. The fraction of sp³-hybridized carbons (Fsp3) is 0.333. The van der Waals surface area contributed by atoms with Gasteiger partial charge in [0.05, 0.1) is 6.61 Å². The van der Waals surface area contributed by atoms with Crippen molar-refractivity contribution in [3.63, 3.8) is 0 Å². The van der Waals surface area contributed by atoms with E-state index in [-0.39, 0.29) is 0 Å². The van der Waals surface area contributed by atoms with Crippen LogP contribution in [0.1, 0.15) is 30.4 Å². The normalized spacial score (nSPS) is 17.4. The number of aromatic hydroxyl groups is 1. The third kappa shape index (κ3) is 3.04. The average Bonchev–Trinajstić information content (AvgIpc) is 3.42. The lowest BCUT2D eigenvalue weighted by Gasteiger charge is -2.21. The van der Waals surface area contributed by atoms with Crippen LogP contribution in [-0.2, 0) is 0 Å². The Balaban J connectivity index is 1.84. The molecule has 24 heavy (non-hydrogen) atoms. The van der Waals surface area contributed by atoms with Gasteiger partial charge in [-0.1, -0.05) is 30.3 Å². The van der Waals surface area contributed by atoms with Gasteiger partial charge in [0.15, 0.2) is 0 Å². The number of rotatable bonds is 4. The van der Waals surface area contributed by atoms with Crippen LogP contribution in [-0.4, -0.2) is 36.2 Å². The maximum atomic E-state index is 9.96. The van der Waals surface area contributed by atoms with E-state index in [1.54, 1.807) is 6.07 Å². The molecule has 1 aliphatic carbocycles. The molecular formula is C21H23NO2. The second kappa shape index (κ2) is 6.33. The molecule has 2 aromatic carbocycles. The molecule has 1 aliphatic heterocycles. The number of benzene rings is 2. The fourth-order valence-electron chi connectivity index (χ4n) is 3.52. The molecule has 3 heteroatoms. The van der Waals surface area contributed by atoms with Crippen molar-refractivity contribution in [1.29, 1.82) is 0 Å². The minimum Gasteiger partial charge on any atom is -0.508 e. The van der Waals surface area contributed by atoms with E-state index in [0.717, 1.165) is 35.9 Å². The smallest absolute Gasteiger partial charge is 0.127 e. The molecule has 4 rings (SSSR count). The van der Waals surface area contributed by atoms with Gasteiger partial charge in [0.1, 0.15) is 11.5 Å². The standard InChI is InChI=1S/C21H23NO2/c1-22(17-9-10-17)14-16-11-12-24-20-8-3-2-7-19(20)21(16)15-5-4-6-18(23)13-15/h2-8,13,17,23H,9-12,14H2,1H3. The Morgan fingerprint density at radius 3 is 2.75 bits per heavy atom. The maximum Gasteiger partial charge on any atom is 0.127 e. The third-order valence-corrected chi connectivity index (χ3v) is 4.92. The number of phenols is 1. The zero-order chi connectivity index (χ0) is 16.5. The minimum absolute atomic E-state index is 0.303. The van der Waals surface area contributed by atoms with E-state index < -0.39 is 0 Å². The first-order chi connectivity index (χ1) is 11.7. The van der Waals surface area contributed by atoms with Crippen molar-refractivity contribution in [2.24, 2.45) is 0 Å². The van der Waals surface area contributed by atoms with Crippen molar-refractivity contribution in [3.05, 3.63) is 65.2 Å². The molecular weight excluding hydrogens is 298 g/mol. The van der Waals surface area contributed by atoms with Crippen molar-refractivity contribution in [2.45, 2.75) is 25.3 Å². The summed E-state index contributed by atoms with van der Waals surface area (Å²) in [5, 5.41) is 9.96. The second-order valence-electron chi connectivity index (χ2n) is 6.77. The van der Waals surface area contributed by atoms with Gasteiger partial charge in [-0.15, -0.1) is 0 Å². The first kappa shape index (κ1) is 15.3. The lowest BCUT2D eigenvalue weighted by molar-refractivity contribution is 0.309. The van der Waals surface area contributed by atoms with Crippen molar-refractivity contribution >= 4 is 5.57 Å². The average molecular weight is 321 g/mol. The van der Waals surface area contributed by atoms with Crippen LogP contribution in [0, 0.1) is 0 Å². The Hall–Kier alpha value is -2.26. The van der Waals surface area contributed by atoms with E-state index in [2.05, 4.69) is 30.1 Å². The van der Waals surface area contributed by atoms with Gasteiger partial charge < -0.3 is 9.84 Å². The van der Waals surface area contributed by atoms with E-state index in [0.29, 0.717) is 12.4 Å². The molecule has 0 radical (unpaired) electrons. The maximum absolute atomic E-state index is 9.96. The molecule has 0 atom stereocenters. The number of para-hydroxylation sites is 1. The van der Waals surface area contributed by atoms with Gasteiger partial charge >= 0.3 is 0 Å². The number of hydrogen-bond donors (Lipinski definition) is 1. The SMILES string of the molecule is CN(CC1=C(c2cccc(O)c2)c2ccccc2OCC1)C1CC1. The highest BCUT2D eigenvalue weighted by molar-refractivity contribution is 5.86. The lowest BCUT2D eigenvalue weighted by atomic mass is 9.91. The summed E-state index contributed by atoms with van der Waals surface area (Å²) in [7, 11) is 2.21. The van der Waals surface area contributed by atoms with Crippen LogP contribution in [0.2, 0.25) is 0 Å². The monoisotopic (exact) mass is 321 g/mol.